The fourth-order valence-electron chi connectivity index (χ4n) is 4.12. The number of methoxy groups -OCH3 is 3. The first-order valence-electron chi connectivity index (χ1n) is 12.1. The molecule has 0 radical (unpaired) electrons. The van der Waals surface area contributed by atoms with Crippen molar-refractivity contribution in [1.82, 2.24) is 9.29 Å². The number of hydrogen-bond donors (Lipinski definition) is 1. The van der Waals surface area contributed by atoms with E-state index < -0.39 is 26.7 Å². The molecule has 0 saturated heterocycles. The lowest BCUT2D eigenvalue weighted by molar-refractivity contribution is 0.0594. The van der Waals surface area contributed by atoms with Gasteiger partial charge < -0.3 is 19.2 Å². The molecule has 0 spiro atoms. The van der Waals surface area contributed by atoms with E-state index in [0.29, 0.717) is 38.4 Å². The van der Waals surface area contributed by atoms with E-state index in [4.69, 9.17) is 14.2 Å². The lowest BCUT2D eigenvalue weighted by Crippen LogP contribution is -2.31. The summed E-state index contributed by atoms with van der Waals surface area (Å²) in [6.07, 6.45) is 0.232. The molecular weight excluding hydrogens is 603 g/mol. The minimum atomic E-state index is -4.25. The molecule has 8 nitrogen and oxygen atoms in total. The zero-order chi connectivity index (χ0) is 28.9. The van der Waals surface area contributed by atoms with E-state index in [2.05, 4.69) is 20.9 Å². The molecule has 0 fully saturated rings. The molecule has 4 aromatic rings. The van der Waals surface area contributed by atoms with Gasteiger partial charge in [0.2, 0.25) is 10.0 Å². The average molecular weight is 632 g/mol. The van der Waals surface area contributed by atoms with Crippen LogP contribution in [0.5, 0.6) is 11.5 Å². The number of carbonyl (C=O) groups is 1. The van der Waals surface area contributed by atoms with Crippen LogP contribution in [-0.2, 0) is 34.3 Å². The normalized spacial score (nSPS) is 11.4. The van der Waals surface area contributed by atoms with Gasteiger partial charge in [-0.1, -0.05) is 30.3 Å². The first kappa shape index (κ1) is 29.3. The number of aromatic amines is 1. The minimum Gasteiger partial charge on any atom is -0.497 e. The molecule has 0 bridgehead atoms. The molecule has 0 aliphatic heterocycles. The van der Waals surface area contributed by atoms with E-state index in [1.165, 1.54) is 23.5 Å². The molecule has 0 amide bonds. The molecule has 1 heterocycles. The number of aromatic nitrogens is 1. The number of benzene rings is 3. The van der Waals surface area contributed by atoms with Crippen molar-refractivity contribution < 1.29 is 31.8 Å². The molecule has 0 aliphatic rings. The molecule has 0 atom stereocenters. The quantitative estimate of drug-likeness (QED) is 0.213. The molecule has 3 aromatic carbocycles. The second-order valence-electron chi connectivity index (χ2n) is 8.91. The molecule has 40 heavy (non-hydrogen) atoms. The highest BCUT2D eigenvalue weighted by Crippen LogP contribution is 2.27. The predicted molar refractivity (Wildman–Crippen MR) is 151 cm³/mol. The predicted octanol–water partition coefficient (Wildman–Crippen LogP) is 5.70. The van der Waals surface area contributed by atoms with Crippen molar-refractivity contribution in [2.75, 3.05) is 21.3 Å². The van der Waals surface area contributed by atoms with Gasteiger partial charge in [-0.2, -0.15) is 4.31 Å². The van der Waals surface area contributed by atoms with Crippen molar-refractivity contribution in [3.8, 4) is 11.5 Å². The van der Waals surface area contributed by atoms with Crippen molar-refractivity contribution in [3.63, 3.8) is 0 Å². The third-order valence-electron chi connectivity index (χ3n) is 6.28. The van der Waals surface area contributed by atoms with Gasteiger partial charge in [-0.05, 0) is 75.1 Å². The van der Waals surface area contributed by atoms with Crippen LogP contribution in [0.2, 0.25) is 0 Å². The van der Waals surface area contributed by atoms with Crippen LogP contribution in [0.25, 0.3) is 0 Å². The standard InChI is InChI=1S/C29H28BrFN2O6S/c1-37-22-9-4-19(5-10-22)17-33(18-20-6-11-23(38-2)12-7-20)40(35,36)28-13-8-21(14-25(28)31)15-26-24(30)16-27(32-26)29(34)39-3/h4-14,16,32H,15,17-18H2,1-3H3. The first-order valence-corrected chi connectivity index (χ1v) is 14.4. The number of nitrogens with zero attached hydrogens (tertiary/aromatic N) is 1. The van der Waals surface area contributed by atoms with E-state index >= 15 is 4.39 Å². The number of hydrogen-bond acceptors (Lipinski definition) is 6. The van der Waals surface area contributed by atoms with E-state index in [0.717, 1.165) is 0 Å². The zero-order valence-corrected chi connectivity index (χ0v) is 24.5. The van der Waals surface area contributed by atoms with Crippen molar-refractivity contribution in [2.24, 2.45) is 0 Å². The highest BCUT2D eigenvalue weighted by atomic mass is 79.9. The Morgan fingerprint density at radius 3 is 1.85 bits per heavy atom. The van der Waals surface area contributed by atoms with E-state index in [1.54, 1.807) is 74.9 Å². The van der Waals surface area contributed by atoms with Crippen LogP contribution < -0.4 is 9.47 Å². The van der Waals surface area contributed by atoms with Crippen molar-refractivity contribution in [3.05, 3.63) is 111 Å². The Balaban J connectivity index is 1.63. The Morgan fingerprint density at radius 2 is 1.38 bits per heavy atom. The number of esters is 1. The van der Waals surface area contributed by atoms with Gasteiger partial charge >= 0.3 is 5.97 Å². The number of H-pyrrole nitrogens is 1. The summed E-state index contributed by atoms with van der Waals surface area (Å²) in [5.74, 6) is -0.124. The highest BCUT2D eigenvalue weighted by Gasteiger charge is 2.28. The summed E-state index contributed by atoms with van der Waals surface area (Å²) in [5.41, 5.74) is 2.82. The van der Waals surface area contributed by atoms with Crippen LogP contribution in [0.15, 0.2) is 82.2 Å². The Morgan fingerprint density at radius 1 is 0.850 bits per heavy atom. The van der Waals surface area contributed by atoms with Gasteiger partial charge in [-0.25, -0.2) is 17.6 Å². The van der Waals surface area contributed by atoms with Crippen LogP contribution >= 0.6 is 15.9 Å². The number of sulfonamides is 1. The van der Waals surface area contributed by atoms with Crippen LogP contribution in [-0.4, -0.2) is 45.0 Å². The lowest BCUT2D eigenvalue weighted by atomic mass is 10.1. The van der Waals surface area contributed by atoms with Gasteiger partial charge in [-0.3, -0.25) is 0 Å². The van der Waals surface area contributed by atoms with Gasteiger partial charge in [0.15, 0.2) is 0 Å². The van der Waals surface area contributed by atoms with Crippen molar-refractivity contribution in [1.29, 1.82) is 0 Å². The topological polar surface area (TPSA) is 97.9 Å². The Labute approximate surface area is 240 Å². The highest BCUT2D eigenvalue weighted by molar-refractivity contribution is 9.10. The molecule has 1 aromatic heterocycles. The van der Waals surface area contributed by atoms with Crippen molar-refractivity contribution in [2.45, 2.75) is 24.4 Å². The van der Waals surface area contributed by atoms with E-state index in [-0.39, 0.29) is 25.2 Å². The Bertz CT molecular complexity index is 1540. The summed E-state index contributed by atoms with van der Waals surface area (Å²) >= 11 is 3.39. The van der Waals surface area contributed by atoms with Gasteiger partial charge in [0.25, 0.3) is 0 Å². The third-order valence-corrected chi connectivity index (χ3v) is 8.81. The summed E-state index contributed by atoms with van der Waals surface area (Å²) in [7, 11) is 0.126. The molecule has 4 rings (SSSR count). The minimum absolute atomic E-state index is 0.0191. The lowest BCUT2D eigenvalue weighted by Gasteiger charge is -2.23. The van der Waals surface area contributed by atoms with Crippen molar-refractivity contribution >= 4 is 31.9 Å². The smallest absolute Gasteiger partial charge is 0.354 e. The number of nitrogens with one attached hydrogen (secondary N) is 1. The number of carbonyl (C=O) groups excluding carboxylic acids is 1. The van der Waals surface area contributed by atoms with Gasteiger partial charge in [0.05, 0.1) is 21.3 Å². The second kappa shape index (κ2) is 12.7. The van der Waals surface area contributed by atoms with E-state index in [1.807, 2.05) is 0 Å². The monoisotopic (exact) mass is 630 g/mol. The number of ether oxygens (including phenoxy) is 3. The average Bonchev–Trinajstić information content (AvgIpc) is 3.32. The molecule has 1 N–H and O–H groups in total. The third kappa shape index (κ3) is 6.72. The summed E-state index contributed by atoms with van der Waals surface area (Å²) in [5, 5.41) is 0. The first-order chi connectivity index (χ1) is 19.1. The van der Waals surface area contributed by atoms with Gasteiger partial charge in [0.1, 0.15) is 27.9 Å². The number of halogens is 2. The summed E-state index contributed by atoms with van der Waals surface area (Å²) < 4.78 is 60.1. The SMILES string of the molecule is COC(=O)c1cc(Br)c(Cc2ccc(S(=O)(=O)N(Cc3ccc(OC)cc3)Cc3ccc(OC)cc3)c(F)c2)[nH]1. The maximum absolute atomic E-state index is 15.4. The van der Waals surface area contributed by atoms with Crippen LogP contribution in [0.1, 0.15) is 32.9 Å². The molecule has 11 heteroatoms. The summed E-state index contributed by atoms with van der Waals surface area (Å²) in [6.45, 7) is 0.0382. The fraction of sp³-hybridized carbons (Fsp3) is 0.207. The van der Waals surface area contributed by atoms with E-state index in [9.17, 15) is 13.2 Å². The van der Waals surface area contributed by atoms with Gasteiger partial charge in [0, 0.05) is 29.7 Å². The van der Waals surface area contributed by atoms with Crippen LogP contribution in [0.4, 0.5) is 4.39 Å². The zero-order valence-electron chi connectivity index (χ0n) is 22.1. The van der Waals surface area contributed by atoms with Gasteiger partial charge in [-0.15, -0.1) is 0 Å². The maximum atomic E-state index is 15.4. The molecular formula is C29H28BrFN2O6S. The van der Waals surface area contributed by atoms with Crippen LogP contribution in [0, 0.1) is 5.82 Å². The Hall–Kier alpha value is -3.67. The largest absolute Gasteiger partial charge is 0.497 e. The maximum Gasteiger partial charge on any atom is 0.354 e. The molecule has 0 saturated carbocycles. The fourth-order valence-corrected chi connectivity index (χ4v) is 6.05. The molecule has 210 valence electrons. The second-order valence-corrected chi connectivity index (χ2v) is 11.7. The molecule has 0 aliphatic carbocycles. The summed E-state index contributed by atoms with van der Waals surface area (Å²) in [6, 6.07) is 19.6. The number of rotatable bonds is 11. The summed E-state index contributed by atoms with van der Waals surface area (Å²) in [4.78, 5) is 14.3. The Kier molecular flexibility index (Phi) is 9.28. The molecule has 0 unspecified atom stereocenters. The van der Waals surface area contributed by atoms with Crippen LogP contribution in [0.3, 0.4) is 0 Å².